The molecule has 0 aliphatic carbocycles. The summed E-state index contributed by atoms with van der Waals surface area (Å²) in [7, 11) is 0. The molecule has 13 heavy (non-hydrogen) atoms. The van der Waals surface area contributed by atoms with Gasteiger partial charge in [0.15, 0.2) is 0 Å². The molecule has 0 spiro atoms. The van der Waals surface area contributed by atoms with E-state index < -0.39 is 6.43 Å². The van der Waals surface area contributed by atoms with Crippen molar-refractivity contribution >= 4 is 33.2 Å². The van der Waals surface area contributed by atoms with Crippen LogP contribution < -0.4 is 5.73 Å². The van der Waals surface area contributed by atoms with Gasteiger partial charge in [0.05, 0.1) is 17.8 Å². The Balaban J connectivity index is 3.30. The molecule has 1 heterocycles. The largest absolute Gasteiger partial charge is 0.397 e. The molecule has 1 rings (SSSR count). The van der Waals surface area contributed by atoms with Gasteiger partial charge < -0.3 is 5.73 Å². The van der Waals surface area contributed by atoms with E-state index in [0.29, 0.717) is 10.2 Å². The lowest BCUT2D eigenvalue weighted by Crippen LogP contribution is -2.01. The average Bonchev–Trinajstić information content (AvgIpc) is 2.09. The van der Waals surface area contributed by atoms with Gasteiger partial charge in [-0.1, -0.05) is 0 Å². The topological polar surface area (TPSA) is 38.9 Å². The van der Waals surface area contributed by atoms with Gasteiger partial charge in [-0.25, -0.2) is 8.78 Å². The van der Waals surface area contributed by atoms with Gasteiger partial charge in [0.25, 0.3) is 6.43 Å². The van der Waals surface area contributed by atoms with E-state index in [1.54, 1.807) is 0 Å². The Morgan fingerprint density at radius 3 is 2.69 bits per heavy atom. The lowest BCUT2D eigenvalue weighted by Gasteiger charge is -2.08. The van der Waals surface area contributed by atoms with Crippen molar-refractivity contribution in [2.75, 3.05) is 5.73 Å². The summed E-state index contributed by atoms with van der Waals surface area (Å²) in [4.78, 5) is 3.52. The third-order valence-electron chi connectivity index (χ3n) is 1.51. The maximum Gasteiger partial charge on any atom is 0.280 e. The first-order valence-corrected chi connectivity index (χ1v) is 4.67. The van der Waals surface area contributed by atoms with Crippen molar-refractivity contribution in [2.45, 2.75) is 12.3 Å². The summed E-state index contributed by atoms with van der Waals surface area (Å²) in [6.07, 6.45) is -1.45. The van der Waals surface area contributed by atoms with Gasteiger partial charge in [-0.15, -0.1) is 11.6 Å². The van der Waals surface area contributed by atoms with Crippen LogP contribution in [-0.4, -0.2) is 4.98 Å². The Kier molecular flexibility index (Phi) is 3.44. The summed E-state index contributed by atoms with van der Waals surface area (Å²) >= 11 is 8.57. The summed E-state index contributed by atoms with van der Waals surface area (Å²) in [6, 6.07) is 0. The van der Waals surface area contributed by atoms with Gasteiger partial charge in [-0.3, -0.25) is 4.98 Å². The monoisotopic (exact) mass is 270 g/mol. The number of pyridine rings is 1. The summed E-state index contributed by atoms with van der Waals surface area (Å²) < 4.78 is 25.1. The Morgan fingerprint density at radius 2 is 2.23 bits per heavy atom. The fraction of sp³-hybridized carbons (Fsp3) is 0.286. The number of halogens is 4. The average molecular weight is 271 g/mol. The number of aromatic nitrogens is 1. The maximum atomic E-state index is 12.3. The summed E-state index contributed by atoms with van der Waals surface area (Å²) in [5, 5.41) is 0. The predicted molar refractivity (Wildman–Crippen MR) is 50.9 cm³/mol. The van der Waals surface area contributed by atoms with Crippen LogP contribution in [0.5, 0.6) is 0 Å². The van der Waals surface area contributed by atoms with Crippen LogP contribution in [0.2, 0.25) is 0 Å². The number of hydrogen-bond donors (Lipinski definition) is 1. The second kappa shape index (κ2) is 4.19. The molecule has 2 nitrogen and oxygen atoms in total. The quantitative estimate of drug-likeness (QED) is 0.840. The molecule has 0 bridgehead atoms. The van der Waals surface area contributed by atoms with Crippen LogP contribution in [0.1, 0.15) is 17.7 Å². The Morgan fingerprint density at radius 1 is 1.62 bits per heavy atom. The zero-order valence-electron chi connectivity index (χ0n) is 6.40. The number of nitrogens with zero attached hydrogens (tertiary/aromatic N) is 1. The molecule has 0 unspecified atom stereocenters. The molecular formula is C7H6BrClF2N2. The van der Waals surface area contributed by atoms with Crippen LogP contribution in [0.25, 0.3) is 0 Å². The van der Waals surface area contributed by atoms with Gasteiger partial charge in [0, 0.05) is 10.0 Å². The fourth-order valence-electron chi connectivity index (χ4n) is 0.876. The van der Waals surface area contributed by atoms with Crippen molar-refractivity contribution in [2.24, 2.45) is 0 Å². The second-order valence-corrected chi connectivity index (χ2v) is 3.39. The Hall–Kier alpha value is -0.420. The zero-order chi connectivity index (χ0) is 10.0. The number of rotatable bonds is 2. The molecule has 0 amide bonds. The third-order valence-corrected chi connectivity index (χ3v) is 2.71. The summed E-state index contributed by atoms with van der Waals surface area (Å²) in [6.45, 7) is 0. The molecule has 0 atom stereocenters. The van der Waals surface area contributed by atoms with Gasteiger partial charge in [-0.2, -0.15) is 0 Å². The van der Waals surface area contributed by atoms with Crippen molar-refractivity contribution in [1.82, 2.24) is 4.98 Å². The second-order valence-electron chi connectivity index (χ2n) is 2.33. The van der Waals surface area contributed by atoms with Crippen LogP contribution in [0.15, 0.2) is 10.7 Å². The van der Waals surface area contributed by atoms with Gasteiger partial charge in [0.1, 0.15) is 5.69 Å². The SMILES string of the molecule is Nc1cnc(C(F)F)c(CCl)c1Br. The predicted octanol–water partition coefficient (Wildman–Crippen LogP) is 3.10. The van der Waals surface area contributed by atoms with Crippen molar-refractivity contribution < 1.29 is 8.78 Å². The van der Waals surface area contributed by atoms with Crippen LogP contribution in [0.3, 0.4) is 0 Å². The molecule has 0 radical (unpaired) electrons. The fourth-order valence-corrected chi connectivity index (χ4v) is 1.75. The first-order valence-electron chi connectivity index (χ1n) is 3.34. The highest BCUT2D eigenvalue weighted by Gasteiger charge is 2.17. The van der Waals surface area contributed by atoms with E-state index in [2.05, 4.69) is 20.9 Å². The lowest BCUT2D eigenvalue weighted by atomic mass is 10.2. The molecule has 2 N–H and O–H groups in total. The van der Waals surface area contributed by atoms with Crippen LogP contribution in [-0.2, 0) is 5.88 Å². The first-order chi connectivity index (χ1) is 6.07. The molecule has 0 aliphatic rings. The van der Waals surface area contributed by atoms with Crippen LogP contribution in [0.4, 0.5) is 14.5 Å². The van der Waals surface area contributed by atoms with E-state index in [-0.39, 0.29) is 17.1 Å². The third kappa shape index (κ3) is 2.08. The highest BCUT2D eigenvalue weighted by atomic mass is 79.9. The maximum absolute atomic E-state index is 12.3. The highest BCUT2D eigenvalue weighted by molar-refractivity contribution is 9.10. The van der Waals surface area contributed by atoms with Gasteiger partial charge >= 0.3 is 0 Å². The minimum atomic E-state index is -2.63. The smallest absolute Gasteiger partial charge is 0.280 e. The minimum absolute atomic E-state index is 0.0434. The van der Waals surface area contributed by atoms with E-state index in [1.165, 1.54) is 6.20 Å². The summed E-state index contributed by atoms with van der Waals surface area (Å²) in [5.74, 6) is -0.0434. The highest BCUT2D eigenvalue weighted by Crippen LogP contribution is 2.31. The van der Waals surface area contributed by atoms with Gasteiger partial charge in [0.2, 0.25) is 0 Å². The zero-order valence-corrected chi connectivity index (χ0v) is 8.74. The van der Waals surface area contributed by atoms with Crippen molar-refractivity contribution in [3.63, 3.8) is 0 Å². The van der Waals surface area contributed by atoms with E-state index >= 15 is 0 Å². The number of hydrogen-bond acceptors (Lipinski definition) is 2. The molecule has 0 saturated heterocycles. The van der Waals surface area contributed by atoms with E-state index in [1.807, 2.05) is 0 Å². The van der Waals surface area contributed by atoms with E-state index in [0.717, 1.165) is 0 Å². The number of nitrogens with two attached hydrogens (primary N) is 1. The molecular weight excluding hydrogens is 265 g/mol. The molecule has 0 saturated carbocycles. The van der Waals surface area contributed by atoms with Crippen molar-refractivity contribution in [3.05, 3.63) is 21.9 Å². The first kappa shape index (κ1) is 10.7. The molecule has 1 aromatic rings. The van der Waals surface area contributed by atoms with E-state index in [4.69, 9.17) is 17.3 Å². The standard InChI is InChI=1S/C7H6BrClF2N2/c8-5-3(1-9)6(7(10)11)13-2-4(5)12/h2,7H,1,12H2. The molecule has 72 valence electrons. The van der Waals surface area contributed by atoms with Crippen molar-refractivity contribution in [1.29, 1.82) is 0 Å². The van der Waals surface area contributed by atoms with Gasteiger partial charge in [-0.05, 0) is 15.9 Å². The number of nitrogen functional groups attached to an aromatic ring is 1. The normalized spacial score (nSPS) is 10.8. The lowest BCUT2D eigenvalue weighted by molar-refractivity contribution is 0.145. The Bertz CT molecular complexity index is 320. The molecule has 0 aromatic carbocycles. The Labute approximate surface area is 87.2 Å². The molecule has 1 aromatic heterocycles. The minimum Gasteiger partial charge on any atom is -0.397 e. The molecule has 0 aliphatic heterocycles. The van der Waals surface area contributed by atoms with E-state index in [9.17, 15) is 8.78 Å². The van der Waals surface area contributed by atoms with Crippen molar-refractivity contribution in [3.8, 4) is 0 Å². The summed E-state index contributed by atoms with van der Waals surface area (Å²) in [5.41, 5.74) is 5.68. The van der Waals surface area contributed by atoms with Crippen LogP contribution >= 0.6 is 27.5 Å². The number of anilines is 1. The van der Waals surface area contributed by atoms with Crippen LogP contribution in [0, 0.1) is 0 Å². The number of alkyl halides is 3. The molecule has 0 fully saturated rings. The molecule has 6 heteroatoms.